The zero-order valence-corrected chi connectivity index (χ0v) is 10.2. The van der Waals surface area contributed by atoms with Gasteiger partial charge in [0.05, 0.1) is 12.7 Å². The summed E-state index contributed by atoms with van der Waals surface area (Å²) < 4.78 is 4.99. The summed E-state index contributed by atoms with van der Waals surface area (Å²) in [5.74, 6) is 0.556. The van der Waals surface area contributed by atoms with Gasteiger partial charge in [-0.1, -0.05) is 0 Å². The van der Waals surface area contributed by atoms with Crippen LogP contribution in [-0.4, -0.2) is 23.5 Å². The topological polar surface area (TPSA) is 59.4 Å². The molecule has 92 valence electrons. The van der Waals surface area contributed by atoms with Crippen molar-refractivity contribution >= 4 is 6.29 Å². The van der Waals surface area contributed by atoms with Crippen molar-refractivity contribution in [3.63, 3.8) is 0 Å². The molecule has 0 saturated heterocycles. The van der Waals surface area contributed by atoms with Crippen LogP contribution in [0.3, 0.4) is 0 Å². The van der Waals surface area contributed by atoms with Gasteiger partial charge in [0.1, 0.15) is 5.75 Å². The fourth-order valence-electron chi connectivity index (χ4n) is 1.74. The number of phenolic OH excluding ortho intramolecular Hbond substituents is 1. The lowest BCUT2D eigenvalue weighted by Gasteiger charge is -2.07. The monoisotopic (exact) mass is 243 g/mol. The summed E-state index contributed by atoms with van der Waals surface area (Å²) in [6, 6.07) is 7.05. The fraction of sp³-hybridized carbons (Fsp3) is 0.143. The van der Waals surface area contributed by atoms with E-state index < -0.39 is 0 Å². The third-order valence-corrected chi connectivity index (χ3v) is 2.74. The van der Waals surface area contributed by atoms with Crippen molar-refractivity contribution < 1.29 is 14.6 Å². The predicted molar refractivity (Wildman–Crippen MR) is 68.0 cm³/mol. The molecule has 4 nitrogen and oxygen atoms in total. The molecule has 0 aliphatic rings. The normalized spacial score (nSPS) is 10.1. The lowest BCUT2D eigenvalue weighted by molar-refractivity contribution is 0.112. The number of nitrogens with zero attached hydrogens (tertiary/aromatic N) is 1. The molecule has 0 aliphatic carbocycles. The molecule has 0 amide bonds. The van der Waals surface area contributed by atoms with Crippen LogP contribution in [0, 0.1) is 6.92 Å². The van der Waals surface area contributed by atoms with Gasteiger partial charge in [0.15, 0.2) is 6.29 Å². The molecule has 1 heterocycles. The number of phenols is 1. The van der Waals surface area contributed by atoms with Crippen molar-refractivity contribution in [3.8, 4) is 22.8 Å². The number of carbonyl (C=O) groups is 1. The van der Waals surface area contributed by atoms with Crippen LogP contribution < -0.4 is 4.74 Å². The third-order valence-electron chi connectivity index (χ3n) is 2.74. The highest BCUT2D eigenvalue weighted by Crippen LogP contribution is 2.28. The van der Waals surface area contributed by atoms with E-state index in [1.165, 1.54) is 0 Å². The molecule has 0 spiro atoms. The van der Waals surface area contributed by atoms with E-state index in [0.717, 1.165) is 11.1 Å². The van der Waals surface area contributed by atoms with Gasteiger partial charge in [0, 0.05) is 17.8 Å². The molecule has 1 aromatic carbocycles. The summed E-state index contributed by atoms with van der Waals surface area (Å²) in [5.41, 5.74) is 2.63. The first-order chi connectivity index (χ1) is 8.65. The van der Waals surface area contributed by atoms with E-state index in [0.29, 0.717) is 17.7 Å². The number of aromatic hydroxyl groups is 1. The van der Waals surface area contributed by atoms with Gasteiger partial charge < -0.3 is 9.84 Å². The van der Waals surface area contributed by atoms with Gasteiger partial charge in [-0.15, -0.1) is 0 Å². The lowest BCUT2D eigenvalue weighted by atomic mass is 10.0. The minimum Gasteiger partial charge on any atom is -0.507 e. The Kier molecular flexibility index (Phi) is 3.28. The maximum Gasteiger partial charge on any atom is 0.212 e. The summed E-state index contributed by atoms with van der Waals surface area (Å²) in [7, 11) is 1.55. The SMILES string of the molecule is COc1ccc(-c2cc(C)c(O)c(C=O)c2)cn1. The fourth-order valence-corrected chi connectivity index (χ4v) is 1.74. The molecule has 0 radical (unpaired) electrons. The van der Waals surface area contributed by atoms with Crippen molar-refractivity contribution in [1.82, 2.24) is 4.98 Å². The quantitative estimate of drug-likeness (QED) is 0.842. The Balaban J connectivity index is 2.49. The van der Waals surface area contributed by atoms with Crippen LogP contribution in [-0.2, 0) is 0 Å². The standard InChI is InChI=1S/C14H13NO3/c1-9-5-11(6-12(8-16)14(9)17)10-3-4-13(18-2)15-7-10/h3-8,17H,1-2H3. The highest BCUT2D eigenvalue weighted by atomic mass is 16.5. The van der Waals surface area contributed by atoms with E-state index in [1.54, 1.807) is 32.4 Å². The molecule has 4 heteroatoms. The first-order valence-corrected chi connectivity index (χ1v) is 5.45. The van der Waals surface area contributed by atoms with Crippen LogP contribution in [0.4, 0.5) is 0 Å². The van der Waals surface area contributed by atoms with Crippen molar-refractivity contribution in [3.05, 3.63) is 41.6 Å². The van der Waals surface area contributed by atoms with E-state index in [1.807, 2.05) is 12.1 Å². The van der Waals surface area contributed by atoms with Crippen LogP contribution in [0.25, 0.3) is 11.1 Å². The Bertz CT molecular complexity index is 576. The second-order valence-corrected chi connectivity index (χ2v) is 3.94. The van der Waals surface area contributed by atoms with E-state index in [9.17, 15) is 9.90 Å². The maximum absolute atomic E-state index is 10.9. The van der Waals surface area contributed by atoms with E-state index in [-0.39, 0.29) is 11.3 Å². The Hall–Kier alpha value is -2.36. The highest BCUT2D eigenvalue weighted by molar-refractivity contribution is 5.83. The second-order valence-electron chi connectivity index (χ2n) is 3.94. The van der Waals surface area contributed by atoms with Gasteiger partial charge in [-0.25, -0.2) is 4.98 Å². The number of rotatable bonds is 3. The first kappa shape index (κ1) is 12.1. The average molecular weight is 243 g/mol. The smallest absolute Gasteiger partial charge is 0.212 e. The Labute approximate surface area is 105 Å². The van der Waals surface area contributed by atoms with E-state index in [4.69, 9.17) is 4.74 Å². The van der Waals surface area contributed by atoms with Crippen LogP contribution in [0.2, 0.25) is 0 Å². The van der Waals surface area contributed by atoms with Crippen LogP contribution in [0.15, 0.2) is 30.5 Å². The maximum atomic E-state index is 10.9. The first-order valence-electron chi connectivity index (χ1n) is 5.45. The van der Waals surface area contributed by atoms with Gasteiger partial charge in [-0.2, -0.15) is 0 Å². The third kappa shape index (κ3) is 2.18. The van der Waals surface area contributed by atoms with E-state index >= 15 is 0 Å². The number of benzene rings is 1. The van der Waals surface area contributed by atoms with Crippen LogP contribution in [0.1, 0.15) is 15.9 Å². The molecule has 1 N–H and O–H groups in total. The molecule has 2 aromatic rings. The number of aldehydes is 1. The van der Waals surface area contributed by atoms with Gasteiger partial charge in [-0.3, -0.25) is 4.79 Å². The van der Waals surface area contributed by atoms with Crippen molar-refractivity contribution in [2.75, 3.05) is 7.11 Å². The Morgan fingerprint density at radius 3 is 2.61 bits per heavy atom. The van der Waals surface area contributed by atoms with Gasteiger partial charge in [0.25, 0.3) is 0 Å². The molecular formula is C14H13NO3. The molecule has 18 heavy (non-hydrogen) atoms. The Morgan fingerprint density at radius 1 is 1.28 bits per heavy atom. The number of aromatic nitrogens is 1. The molecule has 0 unspecified atom stereocenters. The molecule has 2 rings (SSSR count). The van der Waals surface area contributed by atoms with Crippen molar-refractivity contribution in [2.45, 2.75) is 6.92 Å². The number of ether oxygens (including phenoxy) is 1. The lowest BCUT2D eigenvalue weighted by Crippen LogP contribution is -1.90. The minimum absolute atomic E-state index is 0.0234. The molecule has 0 saturated carbocycles. The summed E-state index contributed by atoms with van der Waals surface area (Å²) in [5, 5.41) is 9.68. The molecule has 0 aliphatic heterocycles. The van der Waals surface area contributed by atoms with E-state index in [2.05, 4.69) is 4.98 Å². The van der Waals surface area contributed by atoms with Gasteiger partial charge in [0.2, 0.25) is 5.88 Å². The second kappa shape index (κ2) is 4.87. The number of pyridine rings is 1. The van der Waals surface area contributed by atoms with Gasteiger partial charge >= 0.3 is 0 Å². The number of hydrogen-bond acceptors (Lipinski definition) is 4. The average Bonchev–Trinajstić information content (AvgIpc) is 2.42. The van der Waals surface area contributed by atoms with Crippen molar-refractivity contribution in [2.24, 2.45) is 0 Å². The molecular weight excluding hydrogens is 230 g/mol. The molecule has 0 atom stereocenters. The summed E-state index contributed by atoms with van der Waals surface area (Å²) in [6.45, 7) is 1.75. The Morgan fingerprint density at radius 2 is 2.06 bits per heavy atom. The minimum atomic E-state index is 0.0234. The van der Waals surface area contributed by atoms with Crippen LogP contribution in [0.5, 0.6) is 11.6 Å². The van der Waals surface area contributed by atoms with Crippen molar-refractivity contribution in [1.29, 1.82) is 0 Å². The number of hydrogen-bond donors (Lipinski definition) is 1. The molecule has 0 fully saturated rings. The zero-order chi connectivity index (χ0) is 13.1. The molecule has 0 bridgehead atoms. The van der Waals surface area contributed by atoms with Crippen LogP contribution >= 0.6 is 0 Å². The highest BCUT2D eigenvalue weighted by Gasteiger charge is 2.08. The number of aryl methyl sites for hydroxylation is 1. The van der Waals surface area contributed by atoms with Gasteiger partial charge in [-0.05, 0) is 36.2 Å². The predicted octanol–water partition coefficient (Wildman–Crippen LogP) is 2.58. The molecule has 1 aromatic heterocycles. The summed E-state index contributed by atoms with van der Waals surface area (Å²) >= 11 is 0. The largest absolute Gasteiger partial charge is 0.507 e. The summed E-state index contributed by atoms with van der Waals surface area (Å²) in [4.78, 5) is 15.0. The summed E-state index contributed by atoms with van der Waals surface area (Å²) in [6.07, 6.45) is 2.31. The zero-order valence-electron chi connectivity index (χ0n) is 10.2. The number of carbonyl (C=O) groups excluding carboxylic acids is 1. The number of methoxy groups -OCH3 is 1.